The minimum Gasteiger partial charge on any atom is -0.379 e. The molecule has 1 aromatic carbocycles. The number of carbonyl (C=O) groups is 1. The molecule has 1 aromatic rings. The highest BCUT2D eigenvalue weighted by molar-refractivity contribution is 5.84. The largest absolute Gasteiger partial charge is 0.379 e. The number of nitrogens with zero attached hydrogens (tertiary/aromatic N) is 2. The average molecular weight is 441 g/mol. The first-order valence-corrected chi connectivity index (χ1v) is 12.8. The molecule has 1 amide bonds. The number of ether oxygens (including phenoxy) is 1. The van der Waals surface area contributed by atoms with Gasteiger partial charge < -0.3 is 20.3 Å². The Morgan fingerprint density at radius 2 is 1.94 bits per heavy atom. The molecule has 0 bridgehead atoms. The topological polar surface area (TPSA) is 56.8 Å². The van der Waals surface area contributed by atoms with Gasteiger partial charge in [-0.1, -0.05) is 12.1 Å². The number of benzene rings is 1. The summed E-state index contributed by atoms with van der Waals surface area (Å²) in [6, 6.07) is 9.69. The highest BCUT2D eigenvalue weighted by atomic mass is 16.5. The van der Waals surface area contributed by atoms with Crippen molar-refractivity contribution in [3.05, 3.63) is 29.8 Å². The molecule has 3 atom stereocenters. The van der Waals surface area contributed by atoms with Crippen LogP contribution in [0.15, 0.2) is 24.3 Å². The highest BCUT2D eigenvalue weighted by Crippen LogP contribution is 2.46. The van der Waals surface area contributed by atoms with E-state index in [4.69, 9.17) is 4.74 Å². The first-order chi connectivity index (χ1) is 15.6. The van der Waals surface area contributed by atoms with E-state index >= 15 is 0 Å². The van der Waals surface area contributed by atoms with Crippen LogP contribution in [0.5, 0.6) is 0 Å². The zero-order valence-electron chi connectivity index (χ0n) is 19.7. The summed E-state index contributed by atoms with van der Waals surface area (Å²) in [5, 5.41) is 7.09. The predicted molar refractivity (Wildman–Crippen MR) is 128 cm³/mol. The third-order valence-electron chi connectivity index (χ3n) is 8.58. The Morgan fingerprint density at radius 3 is 2.72 bits per heavy atom. The molecule has 3 heterocycles. The maximum atomic E-state index is 13.7. The standard InChI is InChI=1S/C26H40N4O2/c1-20-3-2-4-23(17-20)29-11-7-22(8-12-29)28-25(31)26-9-5-24(30-13-15-32-16-14-30)18-21(26)6-10-27-19-26/h2-4,17,21-22,24,27H,5-16,18-19H2,1H3,(H,28,31)/t21-,24+,26-/m1/s1. The van der Waals surface area contributed by atoms with Crippen molar-refractivity contribution in [2.24, 2.45) is 11.3 Å². The first kappa shape index (κ1) is 22.2. The van der Waals surface area contributed by atoms with Crippen molar-refractivity contribution in [2.45, 2.75) is 57.5 Å². The van der Waals surface area contributed by atoms with Crippen LogP contribution in [0.4, 0.5) is 5.69 Å². The van der Waals surface area contributed by atoms with Gasteiger partial charge in [-0.2, -0.15) is 0 Å². The highest BCUT2D eigenvalue weighted by Gasteiger charge is 2.51. The van der Waals surface area contributed by atoms with Crippen molar-refractivity contribution in [3.8, 4) is 0 Å². The molecule has 3 aliphatic heterocycles. The van der Waals surface area contributed by atoms with Gasteiger partial charge in [-0.3, -0.25) is 9.69 Å². The molecule has 6 nitrogen and oxygen atoms in total. The summed E-state index contributed by atoms with van der Waals surface area (Å²) >= 11 is 0. The number of rotatable bonds is 4. The zero-order chi connectivity index (χ0) is 22.0. The summed E-state index contributed by atoms with van der Waals surface area (Å²) < 4.78 is 5.56. The van der Waals surface area contributed by atoms with Crippen molar-refractivity contribution in [2.75, 3.05) is 57.4 Å². The van der Waals surface area contributed by atoms with Gasteiger partial charge >= 0.3 is 0 Å². The lowest BCUT2D eigenvalue weighted by molar-refractivity contribution is -0.141. The van der Waals surface area contributed by atoms with E-state index in [1.54, 1.807) is 0 Å². The van der Waals surface area contributed by atoms with E-state index < -0.39 is 0 Å². The summed E-state index contributed by atoms with van der Waals surface area (Å²) in [6.07, 6.45) is 6.51. The van der Waals surface area contributed by atoms with Gasteiger partial charge in [-0.15, -0.1) is 0 Å². The van der Waals surface area contributed by atoms with Gasteiger partial charge in [-0.25, -0.2) is 0 Å². The molecule has 2 N–H and O–H groups in total. The van der Waals surface area contributed by atoms with Crippen LogP contribution in [-0.2, 0) is 9.53 Å². The SMILES string of the molecule is Cc1cccc(N2CCC(NC(=O)[C@@]34CC[C@H](N5CCOCC5)C[C@H]3CCNC4)CC2)c1. The minimum atomic E-state index is -0.214. The Morgan fingerprint density at radius 1 is 1.12 bits per heavy atom. The van der Waals surface area contributed by atoms with E-state index in [1.165, 1.54) is 17.7 Å². The fourth-order valence-electron chi connectivity index (χ4n) is 6.60. The number of carbonyl (C=O) groups excluding carboxylic acids is 1. The molecule has 0 aromatic heterocycles. The Labute approximate surface area is 193 Å². The van der Waals surface area contributed by atoms with Gasteiger partial charge in [0.05, 0.1) is 18.6 Å². The molecule has 0 unspecified atom stereocenters. The van der Waals surface area contributed by atoms with Crippen LogP contribution in [0.3, 0.4) is 0 Å². The van der Waals surface area contributed by atoms with Gasteiger partial charge in [0, 0.05) is 50.5 Å². The molecule has 5 rings (SSSR count). The van der Waals surface area contributed by atoms with Gasteiger partial charge in [-0.05, 0) is 75.6 Å². The fourth-order valence-corrected chi connectivity index (χ4v) is 6.60. The molecule has 0 spiro atoms. The molecular formula is C26H40N4O2. The van der Waals surface area contributed by atoms with Crippen LogP contribution < -0.4 is 15.5 Å². The predicted octanol–water partition coefficient (Wildman–Crippen LogP) is 2.56. The maximum Gasteiger partial charge on any atom is 0.228 e. The second-order valence-corrected chi connectivity index (χ2v) is 10.5. The molecular weight excluding hydrogens is 400 g/mol. The summed E-state index contributed by atoms with van der Waals surface area (Å²) in [7, 11) is 0. The number of fused-ring (bicyclic) bond motifs is 1. The molecule has 32 heavy (non-hydrogen) atoms. The van der Waals surface area contributed by atoms with E-state index in [2.05, 4.69) is 51.6 Å². The van der Waals surface area contributed by atoms with E-state index in [0.717, 1.165) is 84.6 Å². The molecule has 176 valence electrons. The Balaban J connectivity index is 1.19. The summed E-state index contributed by atoms with van der Waals surface area (Å²) in [5.41, 5.74) is 2.40. The summed E-state index contributed by atoms with van der Waals surface area (Å²) in [4.78, 5) is 18.8. The third kappa shape index (κ3) is 4.55. The average Bonchev–Trinajstić information content (AvgIpc) is 2.84. The van der Waals surface area contributed by atoms with Crippen molar-refractivity contribution in [3.63, 3.8) is 0 Å². The molecule has 1 aliphatic carbocycles. The van der Waals surface area contributed by atoms with Crippen molar-refractivity contribution in [1.29, 1.82) is 0 Å². The van der Waals surface area contributed by atoms with Crippen LogP contribution >= 0.6 is 0 Å². The van der Waals surface area contributed by atoms with Crippen molar-refractivity contribution in [1.82, 2.24) is 15.5 Å². The van der Waals surface area contributed by atoms with Crippen LogP contribution in [-0.4, -0.2) is 75.4 Å². The number of hydrogen-bond donors (Lipinski definition) is 2. The van der Waals surface area contributed by atoms with Crippen LogP contribution in [0, 0.1) is 18.3 Å². The zero-order valence-corrected chi connectivity index (χ0v) is 19.7. The smallest absolute Gasteiger partial charge is 0.228 e. The lowest BCUT2D eigenvalue weighted by atomic mass is 9.61. The van der Waals surface area contributed by atoms with Gasteiger partial charge in [0.2, 0.25) is 5.91 Å². The number of anilines is 1. The second-order valence-electron chi connectivity index (χ2n) is 10.5. The lowest BCUT2D eigenvalue weighted by Crippen LogP contribution is -2.61. The van der Waals surface area contributed by atoms with Crippen molar-refractivity contribution >= 4 is 11.6 Å². The van der Waals surface area contributed by atoms with E-state index in [0.29, 0.717) is 23.9 Å². The van der Waals surface area contributed by atoms with Gasteiger partial charge in [0.15, 0.2) is 0 Å². The normalized spacial score (nSPS) is 32.3. The number of hydrogen-bond acceptors (Lipinski definition) is 5. The molecule has 4 aliphatic rings. The molecule has 6 heteroatoms. The van der Waals surface area contributed by atoms with Crippen LogP contribution in [0.25, 0.3) is 0 Å². The number of amides is 1. The molecule has 4 fully saturated rings. The summed E-state index contributed by atoms with van der Waals surface area (Å²) in [6.45, 7) is 9.89. The van der Waals surface area contributed by atoms with Crippen LogP contribution in [0.2, 0.25) is 0 Å². The van der Waals surface area contributed by atoms with E-state index in [9.17, 15) is 4.79 Å². The second kappa shape index (κ2) is 9.70. The Hall–Kier alpha value is -1.63. The first-order valence-electron chi connectivity index (χ1n) is 12.8. The van der Waals surface area contributed by atoms with Gasteiger partial charge in [0.1, 0.15) is 0 Å². The quantitative estimate of drug-likeness (QED) is 0.754. The number of aryl methyl sites for hydroxylation is 1. The molecule has 1 saturated carbocycles. The number of piperidine rings is 2. The Kier molecular flexibility index (Phi) is 6.72. The minimum absolute atomic E-state index is 0.214. The van der Waals surface area contributed by atoms with Crippen molar-refractivity contribution < 1.29 is 9.53 Å². The third-order valence-corrected chi connectivity index (χ3v) is 8.58. The Bertz CT molecular complexity index is 788. The summed E-state index contributed by atoms with van der Waals surface area (Å²) in [5.74, 6) is 0.821. The lowest BCUT2D eigenvalue weighted by Gasteiger charge is -2.51. The van der Waals surface area contributed by atoms with Crippen LogP contribution in [0.1, 0.15) is 44.1 Å². The molecule has 3 saturated heterocycles. The van der Waals surface area contributed by atoms with Gasteiger partial charge in [0.25, 0.3) is 0 Å². The molecule has 0 radical (unpaired) electrons. The number of nitrogens with one attached hydrogen (secondary N) is 2. The van der Waals surface area contributed by atoms with E-state index in [-0.39, 0.29) is 5.41 Å². The fraction of sp³-hybridized carbons (Fsp3) is 0.731. The monoisotopic (exact) mass is 440 g/mol. The maximum absolute atomic E-state index is 13.7. The van der Waals surface area contributed by atoms with E-state index in [1.807, 2.05) is 0 Å². The number of morpholine rings is 1.